The van der Waals surface area contributed by atoms with Crippen molar-refractivity contribution in [1.29, 1.82) is 0 Å². The number of benzene rings is 1. The first-order chi connectivity index (χ1) is 9.79. The molecule has 3 rings (SSSR count). The molecule has 102 valence electrons. The zero-order chi connectivity index (χ0) is 13.9. The summed E-state index contributed by atoms with van der Waals surface area (Å²) in [6.07, 6.45) is 3.86. The Morgan fingerprint density at radius 1 is 1.20 bits per heavy atom. The Morgan fingerprint density at radius 2 is 2.05 bits per heavy atom. The van der Waals surface area contributed by atoms with Crippen LogP contribution in [-0.4, -0.2) is 21.7 Å². The summed E-state index contributed by atoms with van der Waals surface area (Å²) in [6.45, 7) is 0.0288. The molecule has 1 aromatic carbocycles. The number of hydrogen-bond acceptors (Lipinski definition) is 3. The van der Waals surface area contributed by atoms with Crippen molar-refractivity contribution >= 4 is 11.0 Å². The summed E-state index contributed by atoms with van der Waals surface area (Å²) in [5, 5.41) is 9.86. The standard InChI is InChI=1S/C15H13FN2O2/c16-11-3-1-2-4-12(11)20-13-5-7-17-15-14(13)10(6-8-19)9-18-15/h1-5,7,9,19H,6,8H2,(H,17,18). The lowest BCUT2D eigenvalue weighted by Gasteiger charge is -2.08. The van der Waals surface area contributed by atoms with Crippen LogP contribution in [0.3, 0.4) is 0 Å². The molecule has 0 bridgehead atoms. The van der Waals surface area contributed by atoms with E-state index in [4.69, 9.17) is 9.84 Å². The quantitative estimate of drug-likeness (QED) is 0.767. The number of H-pyrrole nitrogens is 1. The van der Waals surface area contributed by atoms with Crippen LogP contribution in [0.1, 0.15) is 5.56 Å². The monoisotopic (exact) mass is 272 g/mol. The van der Waals surface area contributed by atoms with Crippen LogP contribution in [-0.2, 0) is 6.42 Å². The number of nitrogens with zero attached hydrogens (tertiary/aromatic N) is 1. The Bertz CT molecular complexity index is 740. The number of aromatic nitrogens is 2. The minimum absolute atomic E-state index is 0.0288. The SMILES string of the molecule is OCCc1c[nH]c2nccc(Oc3ccccc3F)c12. The van der Waals surface area contributed by atoms with E-state index in [1.54, 1.807) is 36.7 Å². The summed E-state index contributed by atoms with van der Waals surface area (Å²) in [5.74, 6) is 0.262. The first-order valence-corrected chi connectivity index (χ1v) is 6.28. The van der Waals surface area contributed by atoms with Crippen molar-refractivity contribution in [1.82, 2.24) is 9.97 Å². The van der Waals surface area contributed by atoms with Crippen molar-refractivity contribution in [3.05, 3.63) is 54.1 Å². The Balaban J connectivity index is 2.07. The van der Waals surface area contributed by atoms with E-state index < -0.39 is 5.82 Å². The molecule has 0 saturated heterocycles. The molecule has 0 unspecified atom stereocenters. The van der Waals surface area contributed by atoms with Gasteiger partial charge in [0.1, 0.15) is 11.4 Å². The first kappa shape index (κ1) is 12.6. The molecule has 2 N–H and O–H groups in total. The van der Waals surface area contributed by atoms with Crippen molar-refractivity contribution in [2.45, 2.75) is 6.42 Å². The van der Waals surface area contributed by atoms with Gasteiger partial charge in [-0.15, -0.1) is 0 Å². The van der Waals surface area contributed by atoms with Crippen LogP contribution in [0.25, 0.3) is 11.0 Å². The topological polar surface area (TPSA) is 58.1 Å². The molecule has 2 aromatic heterocycles. The number of rotatable bonds is 4. The molecular weight excluding hydrogens is 259 g/mol. The maximum atomic E-state index is 13.7. The molecule has 0 aliphatic rings. The van der Waals surface area contributed by atoms with Crippen LogP contribution in [0.5, 0.6) is 11.5 Å². The van der Waals surface area contributed by atoms with Gasteiger partial charge in [-0.1, -0.05) is 12.1 Å². The number of hydrogen-bond donors (Lipinski definition) is 2. The Labute approximate surface area is 114 Å². The summed E-state index contributed by atoms with van der Waals surface area (Å²) in [6, 6.07) is 7.92. The van der Waals surface area contributed by atoms with E-state index >= 15 is 0 Å². The highest BCUT2D eigenvalue weighted by Gasteiger charge is 2.12. The molecule has 20 heavy (non-hydrogen) atoms. The predicted octanol–water partition coefficient (Wildman–Crippen LogP) is 3.03. The minimum Gasteiger partial charge on any atom is -0.453 e. The molecule has 0 radical (unpaired) electrons. The number of aliphatic hydroxyl groups is 1. The maximum Gasteiger partial charge on any atom is 0.165 e. The largest absolute Gasteiger partial charge is 0.453 e. The average Bonchev–Trinajstić information content (AvgIpc) is 2.86. The molecule has 0 aliphatic carbocycles. The minimum atomic E-state index is -0.420. The Morgan fingerprint density at radius 3 is 2.85 bits per heavy atom. The number of fused-ring (bicyclic) bond motifs is 1. The van der Waals surface area contributed by atoms with Crippen molar-refractivity contribution in [3.63, 3.8) is 0 Å². The highest BCUT2D eigenvalue weighted by Crippen LogP contribution is 2.32. The molecule has 0 saturated carbocycles. The van der Waals surface area contributed by atoms with Crippen molar-refractivity contribution in [3.8, 4) is 11.5 Å². The van der Waals surface area contributed by atoms with Gasteiger partial charge in [-0.05, 0) is 30.2 Å². The number of nitrogens with one attached hydrogen (secondary N) is 1. The summed E-state index contributed by atoms with van der Waals surface area (Å²) in [5.41, 5.74) is 1.55. The summed E-state index contributed by atoms with van der Waals surface area (Å²) in [7, 11) is 0. The van der Waals surface area contributed by atoms with Crippen LogP contribution in [0.2, 0.25) is 0 Å². The lowest BCUT2D eigenvalue weighted by Crippen LogP contribution is -1.93. The number of pyridine rings is 1. The number of ether oxygens (including phenoxy) is 1. The second kappa shape index (κ2) is 5.30. The van der Waals surface area contributed by atoms with Gasteiger partial charge in [-0.3, -0.25) is 0 Å². The maximum absolute atomic E-state index is 13.7. The molecule has 4 nitrogen and oxygen atoms in total. The van der Waals surface area contributed by atoms with Gasteiger partial charge in [0.25, 0.3) is 0 Å². The zero-order valence-corrected chi connectivity index (χ0v) is 10.6. The third kappa shape index (κ3) is 2.23. The van der Waals surface area contributed by atoms with Gasteiger partial charge < -0.3 is 14.8 Å². The molecule has 0 atom stereocenters. The Hall–Kier alpha value is -2.40. The molecule has 5 heteroatoms. The second-order valence-electron chi connectivity index (χ2n) is 4.35. The number of para-hydroxylation sites is 1. The van der Waals surface area contributed by atoms with Crippen molar-refractivity contribution < 1.29 is 14.2 Å². The molecule has 0 fully saturated rings. The van der Waals surface area contributed by atoms with E-state index in [0.717, 1.165) is 10.9 Å². The fourth-order valence-corrected chi connectivity index (χ4v) is 2.14. The molecule has 0 amide bonds. The van der Waals surface area contributed by atoms with Gasteiger partial charge >= 0.3 is 0 Å². The van der Waals surface area contributed by atoms with Gasteiger partial charge in [0.05, 0.1) is 5.39 Å². The lowest BCUT2D eigenvalue weighted by molar-refractivity contribution is 0.300. The fourth-order valence-electron chi connectivity index (χ4n) is 2.14. The van der Waals surface area contributed by atoms with Crippen molar-refractivity contribution in [2.24, 2.45) is 0 Å². The number of halogens is 1. The van der Waals surface area contributed by atoms with Gasteiger partial charge in [0, 0.05) is 19.0 Å². The van der Waals surface area contributed by atoms with E-state index in [2.05, 4.69) is 9.97 Å². The van der Waals surface area contributed by atoms with Gasteiger partial charge in [0.15, 0.2) is 11.6 Å². The van der Waals surface area contributed by atoms with E-state index in [1.807, 2.05) is 0 Å². The third-order valence-electron chi connectivity index (χ3n) is 3.05. The van der Waals surface area contributed by atoms with E-state index in [9.17, 15) is 4.39 Å². The second-order valence-corrected chi connectivity index (χ2v) is 4.35. The van der Waals surface area contributed by atoms with Gasteiger partial charge in [0.2, 0.25) is 0 Å². The molecular formula is C15H13FN2O2. The summed E-state index contributed by atoms with van der Waals surface area (Å²) >= 11 is 0. The number of aromatic amines is 1. The van der Waals surface area contributed by atoms with Crippen LogP contribution in [0, 0.1) is 5.82 Å². The van der Waals surface area contributed by atoms with Crippen LogP contribution < -0.4 is 4.74 Å². The highest BCUT2D eigenvalue weighted by atomic mass is 19.1. The molecule has 0 spiro atoms. The predicted molar refractivity (Wildman–Crippen MR) is 73.4 cm³/mol. The van der Waals surface area contributed by atoms with Crippen LogP contribution in [0.4, 0.5) is 4.39 Å². The highest BCUT2D eigenvalue weighted by molar-refractivity contribution is 5.86. The zero-order valence-electron chi connectivity index (χ0n) is 10.6. The Kier molecular flexibility index (Phi) is 3.35. The van der Waals surface area contributed by atoms with E-state index in [-0.39, 0.29) is 12.4 Å². The van der Waals surface area contributed by atoms with E-state index in [1.165, 1.54) is 6.07 Å². The molecule has 0 aliphatic heterocycles. The molecule has 3 aromatic rings. The smallest absolute Gasteiger partial charge is 0.165 e. The first-order valence-electron chi connectivity index (χ1n) is 6.28. The summed E-state index contributed by atoms with van der Waals surface area (Å²) in [4.78, 5) is 7.22. The van der Waals surface area contributed by atoms with E-state index in [0.29, 0.717) is 17.8 Å². The normalized spacial score (nSPS) is 10.9. The average molecular weight is 272 g/mol. The molecule has 2 heterocycles. The summed E-state index contributed by atoms with van der Waals surface area (Å²) < 4.78 is 19.3. The van der Waals surface area contributed by atoms with Gasteiger partial charge in [-0.2, -0.15) is 0 Å². The van der Waals surface area contributed by atoms with Crippen LogP contribution >= 0.6 is 0 Å². The fraction of sp³-hybridized carbons (Fsp3) is 0.133. The van der Waals surface area contributed by atoms with Crippen LogP contribution in [0.15, 0.2) is 42.7 Å². The lowest BCUT2D eigenvalue weighted by atomic mass is 10.1. The third-order valence-corrected chi connectivity index (χ3v) is 3.05. The van der Waals surface area contributed by atoms with Crippen molar-refractivity contribution in [2.75, 3.05) is 6.61 Å². The number of aliphatic hydroxyl groups excluding tert-OH is 1. The van der Waals surface area contributed by atoms with Gasteiger partial charge in [-0.25, -0.2) is 9.37 Å².